The first-order valence-corrected chi connectivity index (χ1v) is 7.44. The van der Waals surface area contributed by atoms with Gasteiger partial charge in [-0.2, -0.15) is 13.2 Å². The molecule has 3 aromatic rings. The highest BCUT2D eigenvalue weighted by molar-refractivity contribution is 6.31. The number of hydrogen-bond donors (Lipinski definition) is 1. The van der Waals surface area contributed by atoms with Crippen molar-refractivity contribution in [2.45, 2.75) is 12.6 Å². The zero-order valence-electron chi connectivity index (χ0n) is 12.5. The molecule has 1 heterocycles. The van der Waals surface area contributed by atoms with Gasteiger partial charge >= 0.3 is 6.18 Å². The number of rotatable bonds is 3. The van der Waals surface area contributed by atoms with Gasteiger partial charge < -0.3 is 9.73 Å². The second kappa shape index (κ2) is 6.40. The molecule has 0 atom stereocenters. The minimum absolute atomic E-state index is 0.0410. The third-order valence-corrected chi connectivity index (χ3v) is 3.85. The Bertz CT molecular complexity index is 949. The first kappa shape index (κ1) is 17.3. The van der Waals surface area contributed by atoms with Crippen LogP contribution in [0.25, 0.3) is 11.0 Å². The van der Waals surface area contributed by atoms with E-state index in [-0.39, 0.29) is 12.1 Å². The largest absolute Gasteiger partial charge is 0.464 e. The van der Waals surface area contributed by atoms with Crippen molar-refractivity contribution in [1.29, 1.82) is 0 Å². The van der Waals surface area contributed by atoms with Crippen LogP contribution in [0, 0.1) is 5.82 Å². The van der Waals surface area contributed by atoms with Gasteiger partial charge in [-0.3, -0.25) is 4.79 Å². The highest BCUT2D eigenvalue weighted by Gasteiger charge is 2.33. The monoisotopic (exact) mass is 371 g/mol. The second-order valence-corrected chi connectivity index (χ2v) is 5.73. The highest BCUT2D eigenvalue weighted by atomic mass is 35.5. The minimum atomic E-state index is -4.63. The number of hydrogen-bond acceptors (Lipinski definition) is 2. The maximum absolute atomic E-state index is 13.3. The Morgan fingerprint density at radius 2 is 1.92 bits per heavy atom. The average Bonchev–Trinajstić information content (AvgIpc) is 2.90. The standard InChI is InChI=1S/C17H10ClF4NO2/c18-14-3-2-11(7-13(14)17(20,21)22)23-16(24)5-9-8-25-15-4-1-10(19)6-12(9)15/h1-4,6-8H,5H2,(H,23,24). The summed E-state index contributed by atoms with van der Waals surface area (Å²) in [6.07, 6.45) is -3.50. The van der Waals surface area contributed by atoms with E-state index in [1.54, 1.807) is 0 Å². The van der Waals surface area contributed by atoms with Crippen molar-refractivity contribution in [2.75, 3.05) is 5.32 Å². The molecule has 0 spiro atoms. The lowest BCUT2D eigenvalue weighted by atomic mass is 10.1. The van der Waals surface area contributed by atoms with Crippen LogP contribution in [0.15, 0.2) is 47.1 Å². The molecule has 2 aromatic carbocycles. The highest BCUT2D eigenvalue weighted by Crippen LogP contribution is 2.36. The van der Waals surface area contributed by atoms with Gasteiger partial charge in [0.1, 0.15) is 11.4 Å². The number of nitrogens with one attached hydrogen (secondary N) is 1. The smallest absolute Gasteiger partial charge is 0.417 e. The molecule has 0 fully saturated rings. The van der Waals surface area contributed by atoms with Crippen LogP contribution in [0.2, 0.25) is 5.02 Å². The van der Waals surface area contributed by atoms with Crippen LogP contribution in [0.4, 0.5) is 23.2 Å². The van der Waals surface area contributed by atoms with Crippen molar-refractivity contribution in [3.05, 3.63) is 64.6 Å². The summed E-state index contributed by atoms with van der Waals surface area (Å²) in [5.74, 6) is -1.05. The van der Waals surface area contributed by atoms with Crippen LogP contribution in [-0.4, -0.2) is 5.91 Å². The number of anilines is 1. The van der Waals surface area contributed by atoms with Gasteiger partial charge in [0.15, 0.2) is 0 Å². The molecule has 0 unspecified atom stereocenters. The van der Waals surface area contributed by atoms with Crippen molar-refractivity contribution < 1.29 is 26.8 Å². The fourth-order valence-electron chi connectivity index (χ4n) is 2.39. The van der Waals surface area contributed by atoms with Crippen molar-refractivity contribution in [3.8, 4) is 0 Å². The van der Waals surface area contributed by atoms with E-state index in [0.717, 1.165) is 12.1 Å². The van der Waals surface area contributed by atoms with Gasteiger partial charge in [0, 0.05) is 16.6 Å². The van der Waals surface area contributed by atoms with E-state index in [0.29, 0.717) is 16.5 Å². The number of carbonyl (C=O) groups is 1. The van der Waals surface area contributed by atoms with E-state index in [4.69, 9.17) is 16.0 Å². The van der Waals surface area contributed by atoms with Crippen LogP contribution in [0.5, 0.6) is 0 Å². The van der Waals surface area contributed by atoms with E-state index in [1.807, 2.05) is 0 Å². The topological polar surface area (TPSA) is 42.2 Å². The fourth-order valence-corrected chi connectivity index (χ4v) is 2.61. The molecular weight excluding hydrogens is 362 g/mol. The van der Waals surface area contributed by atoms with E-state index in [1.165, 1.54) is 30.5 Å². The van der Waals surface area contributed by atoms with Gasteiger partial charge in [-0.25, -0.2) is 4.39 Å². The van der Waals surface area contributed by atoms with Crippen LogP contribution in [0.3, 0.4) is 0 Å². The predicted molar refractivity (Wildman–Crippen MR) is 85.0 cm³/mol. The Morgan fingerprint density at radius 3 is 2.64 bits per heavy atom. The summed E-state index contributed by atoms with van der Waals surface area (Å²) in [6.45, 7) is 0. The molecule has 0 aliphatic heterocycles. The summed E-state index contributed by atoms with van der Waals surface area (Å²) < 4.78 is 57.0. The molecule has 1 aromatic heterocycles. The molecule has 3 rings (SSSR count). The zero-order valence-corrected chi connectivity index (χ0v) is 13.2. The molecule has 3 nitrogen and oxygen atoms in total. The molecular formula is C17H10ClF4NO2. The van der Waals surface area contributed by atoms with Crippen molar-refractivity contribution in [1.82, 2.24) is 0 Å². The van der Waals surface area contributed by atoms with Crippen molar-refractivity contribution in [3.63, 3.8) is 0 Å². The first-order valence-electron chi connectivity index (χ1n) is 7.06. The molecule has 0 aliphatic carbocycles. The molecule has 25 heavy (non-hydrogen) atoms. The van der Waals surface area contributed by atoms with Crippen LogP contribution >= 0.6 is 11.6 Å². The van der Waals surface area contributed by atoms with Crippen molar-refractivity contribution in [2.24, 2.45) is 0 Å². The molecule has 0 radical (unpaired) electrons. The summed E-state index contributed by atoms with van der Waals surface area (Å²) in [7, 11) is 0. The molecule has 0 bridgehead atoms. The Labute approximate surface area is 144 Å². The number of halogens is 5. The summed E-state index contributed by atoms with van der Waals surface area (Å²) in [4.78, 5) is 12.1. The van der Waals surface area contributed by atoms with Gasteiger partial charge in [0.05, 0.1) is 23.3 Å². The normalized spacial score (nSPS) is 11.7. The van der Waals surface area contributed by atoms with E-state index in [9.17, 15) is 22.4 Å². The summed E-state index contributed by atoms with van der Waals surface area (Å²) >= 11 is 5.53. The quantitative estimate of drug-likeness (QED) is 0.624. The van der Waals surface area contributed by atoms with Gasteiger partial charge in [-0.05, 0) is 36.4 Å². The van der Waals surface area contributed by atoms with Crippen LogP contribution < -0.4 is 5.32 Å². The molecule has 130 valence electrons. The minimum Gasteiger partial charge on any atom is -0.464 e. The Hall–Kier alpha value is -2.54. The number of fused-ring (bicyclic) bond motifs is 1. The lowest BCUT2D eigenvalue weighted by Crippen LogP contribution is -2.15. The Balaban J connectivity index is 1.80. The number of carbonyl (C=O) groups excluding carboxylic acids is 1. The molecule has 0 saturated carbocycles. The van der Waals surface area contributed by atoms with E-state index < -0.39 is 28.5 Å². The predicted octanol–water partition coefficient (Wildman–Crippen LogP) is 5.43. The van der Waals surface area contributed by atoms with Crippen molar-refractivity contribution >= 4 is 34.2 Å². The molecule has 0 aliphatic rings. The summed E-state index contributed by atoms with van der Waals surface area (Å²) in [5, 5.41) is 2.34. The Morgan fingerprint density at radius 1 is 1.16 bits per heavy atom. The SMILES string of the molecule is O=C(Cc1coc2ccc(F)cc12)Nc1ccc(Cl)c(C(F)(F)F)c1. The zero-order chi connectivity index (χ0) is 18.2. The van der Waals surface area contributed by atoms with Gasteiger partial charge in [-0.15, -0.1) is 0 Å². The first-order chi connectivity index (χ1) is 11.7. The number of furan rings is 1. The maximum Gasteiger partial charge on any atom is 0.417 e. The molecule has 0 saturated heterocycles. The van der Waals surface area contributed by atoms with Gasteiger partial charge in [-0.1, -0.05) is 11.6 Å². The number of amides is 1. The maximum atomic E-state index is 13.3. The lowest BCUT2D eigenvalue weighted by molar-refractivity contribution is -0.137. The summed E-state index contributed by atoms with van der Waals surface area (Å²) in [6, 6.07) is 6.97. The van der Waals surface area contributed by atoms with E-state index >= 15 is 0 Å². The second-order valence-electron chi connectivity index (χ2n) is 5.32. The van der Waals surface area contributed by atoms with E-state index in [2.05, 4.69) is 5.32 Å². The number of alkyl halides is 3. The fraction of sp³-hybridized carbons (Fsp3) is 0.118. The molecule has 1 N–H and O–H groups in total. The average molecular weight is 372 g/mol. The van der Waals surface area contributed by atoms with Crippen LogP contribution in [0.1, 0.15) is 11.1 Å². The third kappa shape index (κ3) is 3.76. The summed E-state index contributed by atoms with van der Waals surface area (Å²) in [5.41, 5.74) is -0.240. The lowest BCUT2D eigenvalue weighted by Gasteiger charge is -2.11. The number of benzene rings is 2. The third-order valence-electron chi connectivity index (χ3n) is 3.52. The molecule has 1 amide bonds. The molecule has 8 heteroatoms. The van der Waals surface area contributed by atoms with Gasteiger partial charge in [0.25, 0.3) is 0 Å². The van der Waals surface area contributed by atoms with Gasteiger partial charge in [0.2, 0.25) is 5.91 Å². The Kier molecular flexibility index (Phi) is 4.43. The van der Waals surface area contributed by atoms with Crippen LogP contribution in [-0.2, 0) is 17.4 Å².